The van der Waals surface area contributed by atoms with Crippen LogP contribution in [-0.4, -0.2) is 40.0 Å². The lowest BCUT2D eigenvalue weighted by Crippen LogP contribution is -2.45. The standard InChI is InChI=1S/C24H28ClN5O3/c1-3-28(15-18-12-8-9-13-19(18)25)16-20(31)29(4-2)21-22(26)30(24(33)27-23(21)32)14-17-10-6-5-7-11-17/h5-13H,3-4,14-16,26H2,1-2H3,(H,27,32,33). The minimum absolute atomic E-state index is 0.0215. The summed E-state index contributed by atoms with van der Waals surface area (Å²) in [5.74, 6) is -0.342. The van der Waals surface area contributed by atoms with Crippen molar-refractivity contribution in [3.63, 3.8) is 0 Å². The molecule has 2 aromatic carbocycles. The fourth-order valence-corrected chi connectivity index (χ4v) is 3.84. The van der Waals surface area contributed by atoms with Gasteiger partial charge < -0.3 is 10.6 Å². The van der Waals surface area contributed by atoms with E-state index in [1.807, 2.05) is 60.4 Å². The molecule has 0 radical (unpaired) electrons. The van der Waals surface area contributed by atoms with Gasteiger partial charge in [0.2, 0.25) is 5.91 Å². The second kappa shape index (κ2) is 11.0. The lowest BCUT2D eigenvalue weighted by molar-refractivity contribution is -0.119. The third kappa shape index (κ3) is 5.71. The Morgan fingerprint density at radius 1 is 1.03 bits per heavy atom. The van der Waals surface area contributed by atoms with Crippen LogP contribution in [0.25, 0.3) is 0 Å². The van der Waals surface area contributed by atoms with E-state index in [9.17, 15) is 14.4 Å². The number of hydrogen-bond acceptors (Lipinski definition) is 5. The van der Waals surface area contributed by atoms with Crippen LogP contribution in [0.15, 0.2) is 64.2 Å². The number of halogens is 1. The van der Waals surface area contributed by atoms with Gasteiger partial charge in [-0.15, -0.1) is 0 Å². The van der Waals surface area contributed by atoms with Gasteiger partial charge in [-0.1, -0.05) is 67.1 Å². The van der Waals surface area contributed by atoms with E-state index in [0.717, 1.165) is 11.1 Å². The van der Waals surface area contributed by atoms with E-state index >= 15 is 0 Å². The van der Waals surface area contributed by atoms with Crippen molar-refractivity contribution in [2.24, 2.45) is 0 Å². The molecule has 0 atom stereocenters. The van der Waals surface area contributed by atoms with Crippen LogP contribution < -0.4 is 21.9 Å². The first-order valence-electron chi connectivity index (χ1n) is 10.8. The minimum Gasteiger partial charge on any atom is -0.383 e. The first-order chi connectivity index (χ1) is 15.8. The van der Waals surface area contributed by atoms with Gasteiger partial charge in [0.1, 0.15) is 5.82 Å². The minimum atomic E-state index is -0.689. The smallest absolute Gasteiger partial charge is 0.330 e. The number of aromatic nitrogens is 2. The van der Waals surface area contributed by atoms with E-state index in [2.05, 4.69) is 4.98 Å². The average Bonchev–Trinajstić information content (AvgIpc) is 2.80. The number of likely N-dealkylation sites (N-methyl/N-ethyl adjacent to an activating group) is 2. The van der Waals surface area contributed by atoms with Gasteiger partial charge in [-0.05, 0) is 30.7 Å². The van der Waals surface area contributed by atoms with Gasteiger partial charge in [0.05, 0.1) is 13.1 Å². The number of H-pyrrole nitrogens is 1. The molecule has 0 aliphatic heterocycles. The number of carbonyl (C=O) groups excluding carboxylic acids is 1. The maximum Gasteiger partial charge on any atom is 0.330 e. The zero-order valence-electron chi connectivity index (χ0n) is 18.8. The Hall–Kier alpha value is -3.36. The first kappa shape index (κ1) is 24.3. The second-order valence-corrected chi connectivity index (χ2v) is 8.00. The normalized spacial score (nSPS) is 11.0. The highest BCUT2D eigenvalue weighted by atomic mass is 35.5. The van der Waals surface area contributed by atoms with Crippen LogP contribution >= 0.6 is 11.6 Å². The van der Waals surface area contributed by atoms with Crippen molar-refractivity contribution in [2.75, 3.05) is 30.3 Å². The Labute approximate surface area is 197 Å². The van der Waals surface area contributed by atoms with Crippen molar-refractivity contribution >= 4 is 29.0 Å². The van der Waals surface area contributed by atoms with Crippen LogP contribution in [0, 0.1) is 0 Å². The number of rotatable bonds is 9. The molecule has 3 aromatic rings. The number of amides is 1. The number of hydrogen-bond donors (Lipinski definition) is 2. The number of carbonyl (C=O) groups is 1. The molecule has 1 aromatic heterocycles. The molecular formula is C24H28ClN5O3. The Bertz CT molecular complexity index is 1220. The number of benzene rings is 2. The van der Waals surface area contributed by atoms with Gasteiger partial charge in [-0.2, -0.15) is 0 Å². The van der Waals surface area contributed by atoms with Crippen LogP contribution in [0.5, 0.6) is 0 Å². The molecule has 8 nitrogen and oxygen atoms in total. The van der Waals surface area contributed by atoms with Crippen LogP contribution in [0.2, 0.25) is 5.02 Å². The van der Waals surface area contributed by atoms with Crippen LogP contribution in [0.3, 0.4) is 0 Å². The number of nitrogens with two attached hydrogens (primary N) is 1. The number of nitrogens with zero attached hydrogens (tertiary/aromatic N) is 3. The van der Waals surface area contributed by atoms with Gasteiger partial charge in [-0.3, -0.25) is 24.0 Å². The monoisotopic (exact) mass is 469 g/mol. The predicted octanol–water partition coefficient (Wildman–Crippen LogP) is 2.70. The quantitative estimate of drug-likeness (QED) is 0.501. The van der Waals surface area contributed by atoms with E-state index in [1.54, 1.807) is 13.0 Å². The highest BCUT2D eigenvalue weighted by Gasteiger charge is 2.24. The Morgan fingerprint density at radius 3 is 2.33 bits per heavy atom. The first-order valence-corrected chi connectivity index (χ1v) is 11.2. The van der Waals surface area contributed by atoms with Gasteiger partial charge >= 0.3 is 5.69 Å². The molecule has 0 saturated carbocycles. The van der Waals surface area contributed by atoms with Gasteiger partial charge in [0.15, 0.2) is 5.69 Å². The molecule has 0 spiro atoms. The summed E-state index contributed by atoms with van der Waals surface area (Å²) in [6.45, 7) is 5.25. The third-order valence-electron chi connectivity index (χ3n) is 5.44. The van der Waals surface area contributed by atoms with Crippen molar-refractivity contribution in [2.45, 2.75) is 26.9 Å². The number of nitrogens with one attached hydrogen (secondary N) is 1. The summed E-state index contributed by atoms with van der Waals surface area (Å²) < 4.78 is 1.27. The lowest BCUT2D eigenvalue weighted by atomic mass is 10.2. The Balaban J connectivity index is 1.89. The molecule has 33 heavy (non-hydrogen) atoms. The maximum absolute atomic E-state index is 13.2. The highest BCUT2D eigenvalue weighted by molar-refractivity contribution is 6.31. The summed E-state index contributed by atoms with van der Waals surface area (Å²) in [6, 6.07) is 16.7. The second-order valence-electron chi connectivity index (χ2n) is 7.60. The average molecular weight is 470 g/mol. The summed E-state index contributed by atoms with van der Waals surface area (Å²) in [5.41, 5.74) is 6.69. The molecule has 3 N–H and O–H groups in total. The van der Waals surface area contributed by atoms with Gasteiger partial charge in [0.25, 0.3) is 5.56 Å². The largest absolute Gasteiger partial charge is 0.383 e. The molecule has 0 fully saturated rings. The van der Waals surface area contributed by atoms with E-state index in [4.69, 9.17) is 17.3 Å². The zero-order chi connectivity index (χ0) is 24.0. The molecule has 3 rings (SSSR count). The SMILES string of the molecule is CCN(CC(=O)N(CC)c1c(N)n(Cc2ccccc2)c(=O)[nH]c1=O)Cc1ccccc1Cl. The number of anilines is 2. The number of aromatic amines is 1. The molecule has 0 aliphatic rings. The van der Waals surface area contributed by atoms with Crippen LogP contribution in [0.4, 0.5) is 11.5 Å². The van der Waals surface area contributed by atoms with Crippen LogP contribution in [0.1, 0.15) is 25.0 Å². The third-order valence-corrected chi connectivity index (χ3v) is 5.81. The fourth-order valence-electron chi connectivity index (χ4n) is 3.64. The van der Waals surface area contributed by atoms with E-state index < -0.39 is 11.2 Å². The Morgan fingerprint density at radius 2 is 1.70 bits per heavy atom. The van der Waals surface area contributed by atoms with Crippen molar-refractivity contribution in [3.05, 3.63) is 91.6 Å². The predicted molar refractivity (Wildman–Crippen MR) is 132 cm³/mol. The van der Waals surface area contributed by atoms with Crippen molar-refractivity contribution in [1.29, 1.82) is 0 Å². The molecule has 0 bridgehead atoms. The topological polar surface area (TPSA) is 104 Å². The Kier molecular flexibility index (Phi) is 8.08. The lowest BCUT2D eigenvalue weighted by Gasteiger charge is -2.27. The summed E-state index contributed by atoms with van der Waals surface area (Å²) >= 11 is 6.27. The molecular weight excluding hydrogens is 442 g/mol. The highest BCUT2D eigenvalue weighted by Crippen LogP contribution is 2.20. The van der Waals surface area contributed by atoms with E-state index in [0.29, 0.717) is 18.1 Å². The molecule has 0 aliphatic carbocycles. The van der Waals surface area contributed by atoms with Crippen molar-refractivity contribution in [1.82, 2.24) is 14.5 Å². The maximum atomic E-state index is 13.2. The molecule has 1 amide bonds. The molecule has 0 unspecified atom stereocenters. The number of nitrogen functional groups attached to an aromatic ring is 1. The fraction of sp³-hybridized carbons (Fsp3) is 0.292. The van der Waals surface area contributed by atoms with E-state index in [-0.39, 0.29) is 37.0 Å². The van der Waals surface area contributed by atoms with Gasteiger partial charge in [-0.25, -0.2) is 4.79 Å². The summed E-state index contributed by atoms with van der Waals surface area (Å²) in [7, 11) is 0. The molecule has 0 saturated heterocycles. The van der Waals surface area contributed by atoms with Crippen LogP contribution in [-0.2, 0) is 17.9 Å². The molecule has 1 heterocycles. The summed E-state index contributed by atoms with van der Waals surface area (Å²) in [6.07, 6.45) is 0. The van der Waals surface area contributed by atoms with Crippen molar-refractivity contribution < 1.29 is 4.79 Å². The van der Waals surface area contributed by atoms with E-state index in [1.165, 1.54) is 9.47 Å². The molecule has 9 heteroatoms. The van der Waals surface area contributed by atoms with Crippen molar-refractivity contribution in [3.8, 4) is 0 Å². The molecule has 174 valence electrons. The summed E-state index contributed by atoms with van der Waals surface area (Å²) in [4.78, 5) is 43.9. The zero-order valence-corrected chi connectivity index (χ0v) is 19.5. The van der Waals surface area contributed by atoms with Gasteiger partial charge in [0, 0.05) is 18.1 Å². The summed E-state index contributed by atoms with van der Waals surface area (Å²) in [5, 5.41) is 0.629.